The fourth-order valence-electron chi connectivity index (χ4n) is 1.61. The van der Waals surface area contributed by atoms with Crippen LogP contribution in [0.2, 0.25) is 0 Å². The van der Waals surface area contributed by atoms with Gasteiger partial charge < -0.3 is 16.0 Å². The summed E-state index contributed by atoms with van der Waals surface area (Å²) in [6.45, 7) is 4.28. The smallest absolute Gasteiger partial charge is 0.239 e. The van der Waals surface area contributed by atoms with Crippen LogP contribution in [-0.2, 0) is 9.59 Å². The van der Waals surface area contributed by atoms with Gasteiger partial charge in [0.2, 0.25) is 11.8 Å². The summed E-state index contributed by atoms with van der Waals surface area (Å²) >= 11 is 0. The van der Waals surface area contributed by atoms with Crippen LogP contribution >= 0.6 is 12.4 Å². The molecule has 0 bridgehead atoms. The summed E-state index contributed by atoms with van der Waals surface area (Å²) in [5.74, 6) is 0.295. The second-order valence-corrected chi connectivity index (χ2v) is 3.91. The first-order valence-electron chi connectivity index (χ1n) is 5.40. The number of halogens is 1. The minimum Gasteiger partial charge on any atom is -0.354 e. The van der Waals surface area contributed by atoms with E-state index in [0.29, 0.717) is 5.92 Å². The van der Waals surface area contributed by atoms with Crippen LogP contribution in [-0.4, -0.2) is 38.0 Å². The SMILES string of the molecule is CC(=O)NCC(=O)NCC1CCNCC1.Cl. The van der Waals surface area contributed by atoms with Crippen LogP contribution in [0.25, 0.3) is 0 Å². The van der Waals surface area contributed by atoms with E-state index < -0.39 is 0 Å². The molecule has 0 aromatic heterocycles. The van der Waals surface area contributed by atoms with E-state index in [1.54, 1.807) is 0 Å². The Morgan fingerprint density at radius 3 is 2.44 bits per heavy atom. The van der Waals surface area contributed by atoms with Crippen molar-refractivity contribution in [2.75, 3.05) is 26.2 Å². The zero-order valence-electron chi connectivity index (χ0n) is 9.54. The fraction of sp³-hybridized carbons (Fsp3) is 0.800. The van der Waals surface area contributed by atoms with Gasteiger partial charge in [-0.1, -0.05) is 0 Å². The Morgan fingerprint density at radius 2 is 1.88 bits per heavy atom. The summed E-state index contributed by atoms with van der Waals surface area (Å²) in [4.78, 5) is 21.8. The molecule has 6 heteroatoms. The monoisotopic (exact) mass is 249 g/mol. The molecular formula is C10H20ClN3O2. The molecule has 0 aliphatic carbocycles. The zero-order valence-corrected chi connectivity index (χ0v) is 10.4. The van der Waals surface area contributed by atoms with Crippen molar-refractivity contribution in [1.29, 1.82) is 0 Å². The minimum atomic E-state index is -0.174. The van der Waals surface area contributed by atoms with Gasteiger partial charge in [-0.3, -0.25) is 9.59 Å². The predicted octanol–water partition coefficient (Wildman–Crippen LogP) is -0.340. The normalized spacial score (nSPS) is 16.1. The molecule has 3 N–H and O–H groups in total. The Labute approximate surface area is 102 Å². The third-order valence-corrected chi connectivity index (χ3v) is 2.54. The van der Waals surface area contributed by atoms with E-state index in [4.69, 9.17) is 0 Å². The van der Waals surface area contributed by atoms with Crippen LogP contribution < -0.4 is 16.0 Å². The molecule has 2 amide bonds. The number of hydrogen-bond acceptors (Lipinski definition) is 3. The summed E-state index contributed by atoms with van der Waals surface area (Å²) in [6, 6.07) is 0. The van der Waals surface area contributed by atoms with Gasteiger partial charge in [-0.05, 0) is 31.8 Å². The largest absolute Gasteiger partial charge is 0.354 e. The van der Waals surface area contributed by atoms with Crippen LogP contribution in [0.5, 0.6) is 0 Å². The van der Waals surface area contributed by atoms with E-state index in [2.05, 4.69) is 16.0 Å². The second-order valence-electron chi connectivity index (χ2n) is 3.91. The molecule has 0 aromatic rings. The first kappa shape index (κ1) is 15.2. The molecule has 1 fully saturated rings. The van der Waals surface area contributed by atoms with E-state index in [1.165, 1.54) is 6.92 Å². The Hall–Kier alpha value is -0.810. The van der Waals surface area contributed by atoms with Crippen molar-refractivity contribution in [1.82, 2.24) is 16.0 Å². The third-order valence-electron chi connectivity index (χ3n) is 2.54. The van der Waals surface area contributed by atoms with Gasteiger partial charge in [0.05, 0.1) is 6.54 Å². The number of carbonyl (C=O) groups is 2. The summed E-state index contributed by atoms with van der Waals surface area (Å²) in [6.07, 6.45) is 2.22. The zero-order chi connectivity index (χ0) is 11.1. The first-order valence-corrected chi connectivity index (χ1v) is 5.40. The summed E-state index contributed by atoms with van der Waals surface area (Å²) in [5.41, 5.74) is 0. The van der Waals surface area contributed by atoms with Gasteiger partial charge in [0.15, 0.2) is 0 Å². The molecule has 1 heterocycles. The van der Waals surface area contributed by atoms with Crippen LogP contribution in [0.15, 0.2) is 0 Å². The molecule has 0 radical (unpaired) electrons. The van der Waals surface area contributed by atoms with Crippen LogP contribution in [0.3, 0.4) is 0 Å². The number of nitrogens with one attached hydrogen (secondary N) is 3. The molecule has 1 saturated heterocycles. The van der Waals surface area contributed by atoms with Crippen molar-refractivity contribution < 1.29 is 9.59 Å². The van der Waals surface area contributed by atoms with Crippen LogP contribution in [0, 0.1) is 5.92 Å². The first-order chi connectivity index (χ1) is 7.18. The maximum absolute atomic E-state index is 11.2. The Bertz CT molecular complexity index is 230. The summed E-state index contributed by atoms with van der Waals surface area (Å²) in [7, 11) is 0. The quantitative estimate of drug-likeness (QED) is 0.639. The van der Waals surface area contributed by atoms with E-state index >= 15 is 0 Å². The van der Waals surface area contributed by atoms with Gasteiger partial charge in [-0.15, -0.1) is 12.4 Å². The van der Waals surface area contributed by atoms with Gasteiger partial charge in [0.25, 0.3) is 0 Å². The van der Waals surface area contributed by atoms with E-state index in [0.717, 1.165) is 32.5 Å². The van der Waals surface area contributed by atoms with Gasteiger partial charge in [0, 0.05) is 13.5 Å². The Morgan fingerprint density at radius 1 is 1.25 bits per heavy atom. The number of piperidine rings is 1. The second kappa shape index (κ2) is 8.35. The molecule has 0 unspecified atom stereocenters. The van der Waals surface area contributed by atoms with Crippen molar-refractivity contribution >= 4 is 24.2 Å². The third kappa shape index (κ3) is 6.63. The lowest BCUT2D eigenvalue weighted by molar-refractivity contribution is -0.125. The van der Waals surface area contributed by atoms with E-state index in [-0.39, 0.29) is 30.8 Å². The van der Waals surface area contributed by atoms with Crippen molar-refractivity contribution in [3.05, 3.63) is 0 Å². The summed E-state index contributed by atoms with van der Waals surface area (Å²) in [5, 5.41) is 8.57. The van der Waals surface area contributed by atoms with E-state index in [9.17, 15) is 9.59 Å². The number of rotatable bonds is 4. The highest BCUT2D eigenvalue weighted by molar-refractivity contribution is 5.85. The summed E-state index contributed by atoms with van der Waals surface area (Å²) < 4.78 is 0. The van der Waals surface area contributed by atoms with Crippen molar-refractivity contribution in [3.63, 3.8) is 0 Å². The standard InChI is InChI=1S/C10H19N3O2.ClH/c1-8(14)12-7-10(15)13-6-9-2-4-11-5-3-9;/h9,11H,2-7H2,1H3,(H,12,14)(H,13,15);1H. The number of hydrogen-bond donors (Lipinski definition) is 3. The number of carbonyl (C=O) groups excluding carboxylic acids is 2. The molecule has 5 nitrogen and oxygen atoms in total. The maximum atomic E-state index is 11.2. The van der Waals surface area contributed by atoms with Crippen LogP contribution in [0.4, 0.5) is 0 Å². The lowest BCUT2D eigenvalue weighted by atomic mass is 9.98. The molecule has 16 heavy (non-hydrogen) atoms. The lowest BCUT2D eigenvalue weighted by Gasteiger charge is -2.22. The average Bonchev–Trinajstić information content (AvgIpc) is 2.25. The van der Waals surface area contributed by atoms with Gasteiger partial charge in [-0.2, -0.15) is 0 Å². The van der Waals surface area contributed by atoms with Crippen molar-refractivity contribution in [2.24, 2.45) is 5.92 Å². The Kier molecular flexibility index (Phi) is 7.93. The molecule has 0 spiro atoms. The molecule has 1 aliphatic heterocycles. The molecule has 0 aromatic carbocycles. The molecule has 0 atom stereocenters. The van der Waals surface area contributed by atoms with Crippen molar-refractivity contribution in [2.45, 2.75) is 19.8 Å². The lowest BCUT2D eigenvalue weighted by Crippen LogP contribution is -2.40. The maximum Gasteiger partial charge on any atom is 0.239 e. The number of amides is 2. The highest BCUT2D eigenvalue weighted by Crippen LogP contribution is 2.09. The highest BCUT2D eigenvalue weighted by atomic mass is 35.5. The average molecular weight is 250 g/mol. The topological polar surface area (TPSA) is 70.2 Å². The molecule has 1 rings (SSSR count). The van der Waals surface area contributed by atoms with E-state index in [1.807, 2.05) is 0 Å². The van der Waals surface area contributed by atoms with Gasteiger partial charge >= 0.3 is 0 Å². The molecular weight excluding hydrogens is 230 g/mol. The van der Waals surface area contributed by atoms with Crippen molar-refractivity contribution in [3.8, 4) is 0 Å². The minimum absolute atomic E-state index is 0. The fourth-order valence-corrected chi connectivity index (χ4v) is 1.61. The highest BCUT2D eigenvalue weighted by Gasteiger charge is 2.13. The van der Waals surface area contributed by atoms with Crippen LogP contribution in [0.1, 0.15) is 19.8 Å². The van der Waals surface area contributed by atoms with Gasteiger partial charge in [0.1, 0.15) is 0 Å². The molecule has 0 saturated carbocycles. The van der Waals surface area contributed by atoms with Gasteiger partial charge in [-0.25, -0.2) is 0 Å². The molecule has 94 valence electrons. The predicted molar refractivity (Wildman–Crippen MR) is 64.5 cm³/mol. The molecule has 1 aliphatic rings. The Balaban J connectivity index is 0.00000225.